The average molecular weight is 676 g/mol. The highest BCUT2D eigenvalue weighted by Gasteiger charge is 2.21. The molecule has 6 aromatic carbocycles. The Kier molecular flexibility index (Phi) is 7.94. The molecule has 0 spiro atoms. The van der Waals surface area contributed by atoms with Crippen molar-refractivity contribution in [1.82, 2.24) is 4.98 Å². The zero-order chi connectivity index (χ0) is 34.5. The molecule has 0 unspecified atom stereocenters. The topological polar surface area (TPSA) is 26.0 Å². The number of fused-ring (bicyclic) bond motifs is 5. The highest BCUT2D eigenvalue weighted by atomic mass is 32.2. The van der Waals surface area contributed by atoms with E-state index in [9.17, 15) is 0 Å². The minimum absolute atomic E-state index is 0.820. The van der Waals surface area contributed by atoms with Gasteiger partial charge < -0.3 is 4.42 Å². The number of para-hydroxylation sites is 2. The first kappa shape index (κ1) is 31.3. The summed E-state index contributed by atoms with van der Waals surface area (Å²) < 4.78 is 6.71. The van der Waals surface area contributed by atoms with E-state index in [-0.39, 0.29) is 0 Å². The lowest BCUT2D eigenvalue weighted by atomic mass is 9.86. The predicted molar refractivity (Wildman–Crippen MR) is 216 cm³/mol. The van der Waals surface area contributed by atoms with Gasteiger partial charge in [-0.2, -0.15) is 0 Å². The normalized spacial score (nSPS) is 13.2. The summed E-state index contributed by atoms with van der Waals surface area (Å²) in [5.74, 6) is 0. The van der Waals surface area contributed by atoms with E-state index in [1.165, 1.54) is 54.3 Å². The van der Waals surface area contributed by atoms with Crippen molar-refractivity contribution in [3.05, 3.63) is 168 Å². The van der Waals surface area contributed by atoms with Crippen molar-refractivity contribution in [2.75, 3.05) is 0 Å². The summed E-state index contributed by atoms with van der Waals surface area (Å²) in [6.07, 6.45) is 6.70. The summed E-state index contributed by atoms with van der Waals surface area (Å²) in [5.41, 5.74) is 16.0. The van der Waals surface area contributed by atoms with Crippen LogP contribution >= 0.6 is 11.8 Å². The number of hydrogen-bond acceptors (Lipinski definition) is 3. The Labute approximate surface area is 303 Å². The van der Waals surface area contributed by atoms with E-state index in [0.29, 0.717) is 0 Å². The first-order valence-corrected chi connectivity index (χ1v) is 18.5. The molecule has 0 atom stereocenters. The lowest BCUT2D eigenvalue weighted by Gasteiger charge is -2.19. The minimum atomic E-state index is 0.820. The maximum atomic E-state index is 6.71. The van der Waals surface area contributed by atoms with E-state index in [1.54, 1.807) is 0 Å². The van der Waals surface area contributed by atoms with Crippen molar-refractivity contribution in [3.8, 4) is 33.5 Å². The number of hydrogen-bond donors (Lipinski definition) is 0. The lowest BCUT2D eigenvalue weighted by Crippen LogP contribution is -1.98. The number of furan rings is 1. The van der Waals surface area contributed by atoms with Crippen molar-refractivity contribution >= 4 is 50.2 Å². The molecule has 0 saturated carbocycles. The van der Waals surface area contributed by atoms with E-state index in [0.717, 1.165) is 62.5 Å². The van der Waals surface area contributed by atoms with Crippen molar-refractivity contribution in [2.24, 2.45) is 0 Å². The zero-order valence-electron chi connectivity index (χ0n) is 29.0. The molecule has 246 valence electrons. The van der Waals surface area contributed by atoms with Crippen LogP contribution in [0.3, 0.4) is 0 Å². The lowest BCUT2D eigenvalue weighted by molar-refractivity contribution is 0.669. The van der Waals surface area contributed by atoms with Crippen LogP contribution in [-0.2, 0) is 0 Å². The van der Waals surface area contributed by atoms with Crippen LogP contribution < -0.4 is 0 Å². The molecular formula is C48H37NOS. The van der Waals surface area contributed by atoms with Gasteiger partial charge in [-0.1, -0.05) is 115 Å². The van der Waals surface area contributed by atoms with E-state index in [4.69, 9.17) is 9.40 Å². The Morgan fingerprint density at radius 3 is 2.12 bits per heavy atom. The number of pyridine rings is 1. The molecule has 2 heterocycles. The van der Waals surface area contributed by atoms with Gasteiger partial charge in [0.2, 0.25) is 0 Å². The van der Waals surface area contributed by atoms with Gasteiger partial charge in [0.25, 0.3) is 0 Å². The molecule has 0 aliphatic heterocycles. The Balaban J connectivity index is 1.32. The molecule has 2 nitrogen and oxygen atoms in total. The Hall–Kier alpha value is -5.64. The fraction of sp³-hybridized carbons (Fsp3) is 0.104. The third-order valence-electron chi connectivity index (χ3n) is 10.3. The Bertz CT molecular complexity index is 2710. The predicted octanol–water partition coefficient (Wildman–Crippen LogP) is 14.0. The minimum Gasteiger partial charge on any atom is -0.454 e. The van der Waals surface area contributed by atoms with Gasteiger partial charge in [-0.3, -0.25) is 0 Å². The zero-order valence-corrected chi connectivity index (χ0v) is 29.9. The standard InChI is InChI=1S/C48H37NOS/c1-30-15-4-6-17-36(30)38-22-14-21-37(32(38)3)33-27-34(39-18-9-13-26-45(39)51-44-25-12-5-16-31(44)2)29-35(28-33)47-48-46(40-19-7-10-23-42(40)49-47)41-20-8-11-24-43(41)50-48/h4-5,7-16,18-29H,6,17H2,1-3H3. The van der Waals surface area contributed by atoms with E-state index in [1.807, 2.05) is 17.8 Å². The smallest absolute Gasteiger partial charge is 0.162 e. The molecule has 0 N–H and O–H groups in total. The molecule has 8 aromatic rings. The van der Waals surface area contributed by atoms with Gasteiger partial charge in [-0.15, -0.1) is 0 Å². The number of allylic oxidation sites excluding steroid dienone is 4. The summed E-state index contributed by atoms with van der Waals surface area (Å²) in [6.45, 7) is 6.70. The Morgan fingerprint density at radius 1 is 0.608 bits per heavy atom. The number of nitrogens with zero attached hydrogens (tertiary/aromatic N) is 1. The van der Waals surface area contributed by atoms with Crippen molar-refractivity contribution in [1.29, 1.82) is 0 Å². The van der Waals surface area contributed by atoms with Gasteiger partial charge in [0.1, 0.15) is 11.3 Å². The van der Waals surface area contributed by atoms with Gasteiger partial charge in [0.15, 0.2) is 5.58 Å². The quantitative estimate of drug-likeness (QED) is 0.175. The summed E-state index contributed by atoms with van der Waals surface area (Å²) in [4.78, 5) is 7.83. The van der Waals surface area contributed by atoms with Crippen LogP contribution in [0.15, 0.2) is 165 Å². The first-order valence-electron chi connectivity index (χ1n) is 17.7. The molecule has 0 saturated heterocycles. The van der Waals surface area contributed by atoms with Crippen LogP contribution in [0.4, 0.5) is 0 Å². The second-order valence-electron chi connectivity index (χ2n) is 13.5. The van der Waals surface area contributed by atoms with Gasteiger partial charge >= 0.3 is 0 Å². The number of aryl methyl sites for hydroxylation is 1. The fourth-order valence-electron chi connectivity index (χ4n) is 7.70. The van der Waals surface area contributed by atoms with E-state index in [2.05, 4.69) is 160 Å². The van der Waals surface area contributed by atoms with Crippen LogP contribution in [0, 0.1) is 13.8 Å². The molecular weight excluding hydrogens is 639 g/mol. The highest BCUT2D eigenvalue weighted by molar-refractivity contribution is 7.99. The second-order valence-corrected chi connectivity index (χ2v) is 14.6. The molecule has 51 heavy (non-hydrogen) atoms. The summed E-state index contributed by atoms with van der Waals surface area (Å²) in [6, 6.07) is 47.9. The third kappa shape index (κ3) is 5.59. The molecule has 0 amide bonds. The second kappa shape index (κ2) is 12.9. The first-order chi connectivity index (χ1) is 25.0. The number of aromatic nitrogens is 1. The Morgan fingerprint density at radius 2 is 1.27 bits per heavy atom. The van der Waals surface area contributed by atoms with Gasteiger partial charge in [0.05, 0.1) is 5.52 Å². The van der Waals surface area contributed by atoms with Crippen LogP contribution in [0.5, 0.6) is 0 Å². The molecule has 0 fully saturated rings. The number of rotatable bonds is 6. The van der Waals surface area contributed by atoms with Crippen molar-refractivity contribution in [3.63, 3.8) is 0 Å². The van der Waals surface area contributed by atoms with Gasteiger partial charge in [-0.25, -0.2) is 4.98 Å². The summed E-state index contributed by atoms with van der Waals surface area (Å²) in [5, 5.41) is 3.32. The van der Waals surface area contributed by atoms with E-state index < -0.39 is 0 Å². The van der Waals surface area contributed by atoms with Gasteiger partial charge in [0, 0.05) is 31.5 Å². The third-order valence-corrected chi connectivity index (χ3v) is 11.6. The highest BCUT2D eigenvalue weighted by Crippen LogP contribution is 2.44. The van der Waals surface area contributed by atoms with Crippen LogP contribution in [-0.4, -0.2) is 4.98 Å². The van der Waals surface area contributed by atoms with Crippen LogP contribution in [0.25, 0.3) is 71.9 Å². The molecule has 0 bridgehead atoms. The molecule has 0 radical (unpaired) electrons. The largest absolute Gasteiger partial charge is 0.454 e. The summed E-state index contributed by atoms with van der Waals surface area (Å²) >= 11 is 1.82. The molecule has 3 heteroatoms. The fourth-order valence-corrected chi connectivity index (χ4v) is 8.75. The van der Waals surface area contributed by atoms with Crippen molar-refractivity contribution in [2.45, 2.75) is 43.4 Å². The average Bonchev–Trinajstić information content (AvgIpc) is 3.56. The maximum Gasteiger partial charge on any atom is 0.162 e. The monoisotopic (exact) mass is 675 g/mol. The number of benzene rings is 6. The van der Waals surface area contributed by atoms with E-state index >= 15 is 0 Å². The van der Waals surface area contributed by atoms with Gasteiger partial charge in [-0.05, 0) is 126 Å². The van der Waals surface area contributed by atoms with Crippen LogP contribution in [0.1, 0.15) is 36.5 Å². The SMILES string of the molecule is CC1=C(c2cccc(-c3cc(-c4ccccc4Sc4ccccc4C)cc(-c4nc5ccccc5c5c4oc4ccccc45)c3)c2C)CCC=C1. The summed E-state index contributed by atoms with van der Waals surface area (Å²) in [7, 11) is 0. The molecule has 2 aromatic heterocycles. The van der Waals surface area contributed by atoms with Crippen molar-refractivity contribution < 1.29 is 4.42 Å². The maximum absolute atomic E-state index is 6.71. The molecule has 1 aliphatic rings. The van der Waals surface area contributed by atoms with Crippen LogP contribution in [0.2, 0.25) is 0 Å². The molecule has 9 rings (SSSR count). The molecule has 1 aliphatic carbocycles.